The quantitative estimate of drug-likeness (QED) is 0.787. The number of anilines is 1. The molecule has 5 heteroatoms. The number of likely N-dealkylation sites (N-methyl/N-ethyl adjacent to an activating group) is 1. The van der Waals surface area contributed by atoms with Crippen LogP contribution in [-0.2, 0) is 11.3 Å². The molecule has 0 heterocycles. The van der Waals surface area contributed by atoms with Crippen LogP contribution in [0.15, 0.2) is 18.2 Å². The molecule has 19 heavy (non-hydrogen) atoms. The SMILES string of the molecule is CC(C)CNC(=O)CN(C)Cc1cc(N)ccc1Cl. The van der Waals surface area contributed by atoms with Crippen molar-refractivity contribution >= 4 is 23.2 Å². The highest BCUT2D eigenvalue weighted by Gasteiger charge is 2.09. The maximum atomic E-state index is 11.7. The molecule has 0 bridgehead atoms. The zero-order valence-electron chi connectivity index (χ0n) is 11.7. The Morgan fingerprint density at radius 2 is 2.16 bits per heavy atom. The third-order valence-corrected chi connectivity index (χ3v) is 3.00. The van der Waals surface area contributed by atoms with Crippen LogP contribution >= 0.6 is 11.6 Å². The zero-order valence-corrected chi connectivity index (χ0v) is 12.5. The van der Waals surface area contributed by atoms with Crippen molar-refractivity contribution in [2.45, 2.75) is 20.4 Å². The van der Waals surface area contributed by atoms with Gasteiger partial charge < -0.3 is 11.1 Å². The second-order valence-corrected chi connectivity index (χ2v) is 5.63. The fourth-order valence-corrected chi connectivity index (χ4v) is 1.86. The van der Waals surface area contributed by atoms with E-state index in [4.69, 9.17) is 17.3 Å². The molecule has 1 amide bonds. The number of benzene rings is 1. The number of carbonyl (C=O) groups excluding carboxylic acids is 1. The summed E-state index contributed by atoms with van der Waals surface area (Å²) in [7, 11) is 1.88. The van der Waals surface area contributed by atoms with E-state index in [9.17, 15) is 4.79 Å². The Bertz CT molecular complexity index is 435. The van der Waals surface area contributed by atoms with Crippen LogP contribution < -0.4 is 11.1 Å². The highest BCUT2D eigenvalue weighted by molar-refractivity contribution is 6.31. The molecule has 0 saturated heterocycles. The summed E-state index contributed by atoms with van der Waals surface area (Å²) >= 11 is 6.10. The third kappa shape index (κ3) is 5.94. The van der Waals surface area contributed by atoms with E-state index in [0.717, 1.165) is 5.56 Å². The molecule has 1 aromatic rings. The van der Waals surface area contributed by atoms with Gasteiger partial charge in [-0.05, 0) is 36.7 Å². The van der Waals surface area contributed by atoms with E-state index in [1.54, 1.807) is 12.1 Å². The number of rotatable bonds is 6. The summed E-state index contributed by atoms with van der Waals surface area (Å²) in [6.07, 6.45) is 0. The van der Waals surface area contributed by atoms with Crippen molar-refractivity contribution in [2.24, 2.45) is 5.92 Å². The predicted molar refractivity (Wildman–Crippen MR) is 80.0 cm³/mol. The summed E-state index contributed by atoms with van der Waals surface area (Å²) in [5.74, 6) is 0.480. The van der Waals surface area contributed by atoms with Gasteiger partial charge in [0.2, 0.25) is 5.91 Å². The molecule has 0 aliphatic carbocycles. The van der Waals surface area contributed by atoms with E-state index in [0.29, 0.717) is 36.3 Å². The molecule has 1 aromatic carbocycles. The van der Waals surface area contributed by atoms with Crippen molar-refractivity contribution in [1.29, 1.82) is 0 Å². The van der Waals surface area contributed by atoms with E-state index in [1.165, 1.54) is 0 Å². The number of amides is 1. The molecule has 0 saturated carbocycles. The molecule has 1 rings (SSSR count). The van der Waals surface area contributed by atoms with Gasteiger partial charge in [0.15, 0.2) is 0 Å². The standard InChI is InChI=1S/C14H22ClN3O/c1-10(2)7-17-14(19)9-18(3)8-11-6-12(16)4-5-13(11)15/h4-6,10H,7-9,16H2,1-3H3,(H,17,19). The second-order valence-electron chi connectivity index (χ2n) is 5.22. The average Bonchev–Trinajstić information content (AvgIpc) is 2.31. The zero-order chi connectivity index (χ0) is 14.4. The van der Waals surface area contributed by atoms with Gasteiger partial charge in [-0.3, -0.25) is 9.69 Å². The normalized spacial score (nSPS) is 11.1. The van der Waals surface area contributed by atoms with Crippen LogP contribution in [0.25, 0.3) is 0 Å². The molecule has 0 aromatic heterocycles. The van der Waals surface area contributed by atoms with Gasteiger partial charge >= 0.3 is 0 Å². The molecular formula is C14H22ClN3O. The average molecular weight is 284 g/mol. The lowest BCUT2D eigenvalue weighted by atomic mass is 10.2. The first-order chi connectivity index (χ1) is 8.88. The van der Waals surface area contributed by atoms with Crippen LogP contribution in [0.5, 0.6) is 0 Å². The molecule has 0 radical (unpaired) electrons. The van der Waals surface area contributed by atoms with E-state index in [1.807, 2.05) is 18.0 Å². The van der Waals surface area contributed by atoms with Gasteiger partial charge in [0.1, 0.15) is 0 Å². The van der Waals surface area contributed by atoms with Crippen molar-refractivity contribution in [3.8, 4) is 0 Å². The first-order valence-electron chi connectivity index (χ1n) is 6.37. The summed E-state index contributed by atoms with van der Waals surface area (Å²) in [6, 6.07) is 5.38. The number of hydrogen-bond acceptors (Lipinski definition) is 3. The lowest BCUT2D eigenvalue weighted by Crippen LogP contribution is -2.36. The van der Waals surface area contributed by atoms with Crippen LogP contribution in [0.1, 0.15) is 19.4 Å². The van der Waals surface area contributed by atoms with Gasteiger partial charge in [0.25, 0.3) is 0 Å². The lowest BCUT2D eigenvalue weighted by Gasteiger charge is -2.18. The Balaban J connectivity index is 2.48. The fraction of sp³-hybridized carbons (Fsp3) is 0.500. The lowest BCUT2D eigenvalue weighted by molar-refractivity contribution is -0.122. The van der Waals surface area contributed by atoms with E-state index in [-0.39, 0.29) is 5.91 Å². The van der Waals surface area contributed by atoms with E-state index < -0.39 is 0 Å². The minimum atomic E-state index is 0.0243. The number of hydrogen-bond donors (Lipinski definition) is 2. The fourth-order valence-electron chi connectivity index (χ4n) is 1.68. The van der Waals surface area contributed by atoms with Crippen molar-refractivity contribution in [3.05, 3.63) is 28.8 Å². The van der Waals surface area contributed by atoms with Gasteiger partial charge in [-0.25, -0.2) is 0 Å². The summed E-state index contributed by atoms with van der Waals surface area (Å²) in [5, 5.41) is 3.56. The monoisotopic (exact) mass is 283 g/mol. The van der Waals surface area contributed by atoms with Crippen LogP contribution in [0, 0.1) is 5.92 Å². The molecular weight excluding hydrogens is 262 g/mol. The number of nitrogen functional groups attached to an aromatic ring is 1. The molecule has 0 unspecified atom stereocenters. The first kappa shape index (κ1) is 15.8. The van der Waals surface area contributed by atoms with Gasteiger partial charge in [-0.15, -0.1) is 0 Å². The Kier molecular flexibility index (Phi) is 6.12. The van der Waals surface area contributed by atoms with Crippen molar-refractivity contribution in [2.75, 3.05) is 25.9 Å². The van der Waals surface area contributed by atoms with Crippen LogP contribution in [0.4, 0.5) is 5.69 Å². The summed E-state index contributed by atoms with van der Waals surface area (Å²) < 4.78 is 0. The predicted octanol–water partition coefficient (Wildman–Crippen LogP) is 2.13. The Hall–Kier alpha value is -1.26. The van der Waals surface area contributed by atoms with Crippen molar-refractivity contribution in [3.63, 3.8) is 0 Å². The van der Waals surface area contributed by atoms with Gasteiger partial charge in [0.05, 0.1) is 6.54 Å². The molecule has 4 nitrogen and oxygen atoms in total. The van der Waals surface area contributed by atoms with Crippen LogP contribution in [-0.4, -0.2) is 30.9 Å². The maximum Gasteiger partial charge on any atom is 0.234 e. The molecule has 106 valence electrons. The Labute approximate surface area is 119 Å². The Morgan fingerprint density at radius 3 is 2.79 bits per heavy atom. The van der Waals surface area contributed by atoms with Gasteiger partial charge in [-0.1, -0.05) is 25.4 Å². The number of nitrogens with zero attached hydrogens (tertiary/aromatic N) is 1. The first-order valence-corrected chi connectivity index (χ1v) is 6.75. The van der Waals surface area contributed by atoms with Crippen LogP contribution in [0.2, 0.25) is 5.02 Å². The molecule has 0 aliphatic heterocycles. The second kappa shape index (κ2) is 7.36. The van der Waals surface area contributed by atoms with E-state index in [2.05, 4.69) is 19.2 Å². The number of halogens is 1. The minimum Gasteiger partial charge on any atom is -0.399 e. The smallest absolute Gasteiger partial charge is 0.234 e. The molecule has 0 fully saturated rings. The largest absolute Gasteiger partial charge is 0.399 e. The third-order valence-electron chi connectivity index (χ3n) is 2.63. The topological polar surface area (TPSA) is 58.4 Å². The molecule has 0 spiro atoms. The number of nitrogens with two attached hydrogens (primary N) is 1. The van der Waals surface area contributed by atoms with Gasteiger partial charge in [0, 0.05) is 23.8 Å². The van der Waals surface area contributed by atoms with E-state index >= 15 is 0 Å². The van der Waals surface area contributed by atoms with Crippen LogP contribution in [0.3, 0.4) is 0 Å². The van der Waals surface area contributed by atoms with Crippen molar-refractivity contribution < 1.29 is 4.79 Å². The summed E-state index contributed by atoms with van der Waals surface area (Å²) in [5.41, 5.74) is 7.34. The Morgan fingerprint density at radius 1 is 1.47 bits per heavy atom. The molecule has 3 N–H and O–H groups in total. The number of carbonyl (C=O) groups is 1. The molecule has 0 atom stereocenters. The number of nitrogens with one attached hydrogen (secondary N) is 1. The molecule has 0 aliphatic rings. The van der Waals surface area contributed by atoms with Crippen molar-refractivity contribution in [1.82, 2.24) is 10.2 Å². The summed E-state index contributed by atoms with van der Waals surface area (Å²) in [4.78, 5) is 13.6. The highest BCUT2D eigenvalue weighted by Crippen LogP contribution is 2.19. The van der Waals surface area contributed by atoms with Gasteiger partial charge in [-0.2, -0.15) is 0 Å². The summed E-state index contributed by atoms with van der Waals surface area (Å²) in [6.45, 7) is 5.77. The highest BCUT2D eigenvalue weighted by atomic mass is 35.5. The maximum absolute atomic E-state index is 11.7. The minimum absolute atomic E-state index is 0.0243.